The first-order valence-corrected chi connectivity index (χ1v) is 17.4. The van der Waals surface area contributed by atoms with Crippen molar-refractivity contribution in [1.29, 1.82) is 0 Å². The summed E-state index contributed by atoms with van der Waals surface area (Å²) in [6.45, 7) is 8.32. The molecule has 4 heterocycles. The summed E-state index contributed by atoms with van der Waals surface area (Å²) in [6, 6.07) is 16.1. The topological polar surface area (TPSA) is 90.4 Å². The van der Waals surface area contributed by atoms with Gasteiger partial charge in [0.1, 0.15) is 6.04 Å². The quantitative estimate of drug-likeness (QED) is 0.320. The van der Waals surface area contributed by atoms with Crippen molar-refractivity contribution in [3.8, 4) is 0 Å². The number of aliphatic hydroxyl groups excluding tert-OH is 1. The number of carbonyl (C=O) groups excluding carboxylic acids is 3. The van der Waals surface area contributed by atoms with Crippen molar-refractivity contribution in [2.24, 2.45) is 11.8 Å². The van der Waals surface area contributed by atoms with Gasteiger partial charge in [-0.15, -0.1) is 11.8 Å². The molecule has 0 saturated carbocycles. The fourth-order valence-corrected chi connectivity index (χ4v) is 10.1. The number of carbonyl (C=O) groups is 3. The molecule has 0 radical (unpaired) electrons. The Bertz CT molecular complexity index is 1490. The number of hydrogen-bond donors (Lipinski definition) is 1. The largest absolute Gasteiger partial charge is 0.465 e. The summed E-state index contributed by atoms with van der Waals surface area (Å²) >= 11 is 1.54. The monoisotopic (exact) mass is 643 g/mol. The van der Waals surface area contributed by atoms with Crippen molar-refractivity contribution in [3.63, 3.8) is 0 Å². The van der Waals surface area contributed by atoms with E-state index in [0.717, 1.165) is 49.3 Å². The van der Waals surface area contributed by atoms with E-state index in [1.165, 1.54) is 11.8 Å². The van der Waals surface area contributed by atoms with Crippen LogP contribution in [-0.4, -0.2) is 82.2 Å². The highest BCUT2D eigenvalue weighted by atomic mass is 32.2. The van der Waals surface area contributed by atoms with Crippen LogP contribution in [0.2, 0.25) is 0 Å². The summed E-state index contributed by atoms with van der Waals surface area (Å²) < 4.78 is 4.04. The number of benzene rings is 2. The van der Waals surface area contributed by atoms with Crippen molar-refractivity contribution in [2.45, 2.75) is 68.0 Å². The van der Waals surface area contributed by atoms with Crippen LogP contribution in [0.25, 0.3) is 0 Å². The minimum absolute atomic E-state index is 0.208. The third-order valence-electron chi connectivity index (χ3n) is 10.1. The lowest BCUT2D eigenvalue weighted by atomic mass is 9.74. The number of anilines is 2. The van der Waals surface area contributed by atoms with Gasteiger partial charge in [0.25, 0.3) is 5.91 Å². The Kier molecular flexibility index (Phi) is 9.35. The zero-order valence-corrected chi connectivity index (χ0v) is 27.8. The third-order valence-corrected chi connectivity index (χ3v) is 11.9. The first-order chi connectivity index (χ1) is 22.3. The first kappa shape index (κ1) is 32.4. The molecule has 6 atom stereocenters. The van der Waals surface area contributed by atoms with Crippen LogP contribution >= 0.6 is 11.8 Å². The maximum atomic E-state index is 15.0. The van der Waals surface area contributed by atoms with Crippen LogP contribution in [0.4, 0.5) is 11.4 Å². The zero-order chi connectivity index (χ0) is 32.5. The standard InChI is InChI=1S/C37H45N3O5S/c1-4-38(5-2)27-16-18-28(19-17-27)39-22-13-21-37-30(31-35(44)45-23-12-7-6-11-20-36(31,3)46-37)33(42)40(32(37)34(39)43)29(25-41)24-26-14-9-8-10-15-26/h8-11,13-21,29-32,41H,4-7,12,22-25H2,1-3H3/b20-11-/t29-,30+,31+,32?,36-,37+/m1/s1. The Morgan fingerprint density at radius 2 is 1.70 bits per heavy atom. The number of ether oxygens (including phenoxy) is 1. The lowest BCUT2D eigenvalue weighted by Gasteiger charge is -2.40. The summed E-state index contributed by atoms with van der Waals surface area (Å²) in [5.74, 6) is -2.48. The van der Waals surface area contributed by atoms with Crippen LogP contribution in [-0.2, 0) is 25.5 Å². The van der Waals surface area contributed by atoms with Gasteiger partial charge in [0.2, 0.25) is 5.91 Å². The fraction of sp³-hybridized carbons (Fsp3) is 0.486. The lowest BCUT2D eigenvalue weighted by molar-refractivity contribution is -0.154. The molecule has 2 fully saturated rings. The van der Waals surface area contributed by atoms with Crippen LogP contribution in [0, 0.1) is 11.8 Å². The van der Waals surface area contributed by atoms with Gasteiger partial charge >= 0.3 is 5.97 Å². The van der Waals surface area contributed by atoms with Gasteiger partial charge in [-0.2, -0.15) is 0 Å². The number of amides is 2. The molecule has 9 heteroatoms. The number of cyclic esters (lactones) is 1. The normalized spacial score (nSPS) is 30.6. The number of allylic oxidation sites excluding steroid dienone is 1. The molecule has 6 rings (SSSR count). The zero-order valence-electron chi connectivity index (χ0n) is 27.0. The molecule has 46 heavy (non-hydrogen) atoms. The van der Waals surface area contributed by atoms with E-state index in [0.29, 0.717) is 19.6 Å². The Hall–Kier alpha value is -3.56. The van der Waals surface area contributed by atoms with E-state index in [4.69, 9.17) is 4.74 Å². The van der Waals surface area contributed by atoms with E-state index in [1.54, 1.807) is 9.80 Å². The average molecular weight is 644 g/mol. The summed E-state index contributed by atoms with van der Waals surface area (Å²) in [5, 5.41) is 10.8. The highest BCUT2D eigenvalue weighted by Gasteiger charge is 2.74. The molecule has 0 bridgehead atoms. The van der Waals surface area contributed by atoms with Gasteiger partial charge in [0.15, 0.2) is 0 Å². The van der Waals surface area contributed by atoms with Gasteiger partial charge in [0.05, 0.1) is 35.8 Å². The molecular weight excluding hydrogens is 598 g/mol. The Balaban J connectivity index is 1.46. The van der Waals surface area contributed by atoms with Crippen LogP contribution in [0.15, 0.2) is 78.9 Å². The minimum Gasteiger partial charge on any atom is -0.465 e. The van der Waals surface area contributed by atoms with Crippen LogP contribution < -0.4 is 9.80 Å². The van der Waals surface area contributed by atoms with Gasteiger partial charge in [-0.1, -0.05) is 54.6 Å². The van der Waals surface area contributed by atoms with Crippen LogP contribution in [0.5, 0.6) is 0 Å². The SMILES string of the molecule is CCN(CC)c1ccc(N2CC=C[C@]34S[C@]5(C)/C=C\CCCCOC(=O)[C@@H]5[C@H]3C(=O)N([C@@H](CO)Cc3ccccc3)C4C2=O)cc1. The molecule has 8 nitrogen and oxygen atoms in total. The molecule has 4 aliphatic heterocycles. The number of esters is 1. The van der Waals surface area contributed by atoms with Crippen molar-refractivity contribution in [3.05, 3.63) is 84.5 Å². The fourth-order valence-electron chi connectivity index (χ4n) is 7.93. The van der Waals surface area contributed by atoms with Crippen LogP contribution in [0.1, 0.15) is 45.6 Å². The van der Waals surface area contributed by atoms with E-state index in [2.05, 4.69) is 30.9 Å². The number of aliphatic hydroxyl groups is 1. The number of rotatable bonds is 8. The van der Waals surface area contributed by atoms with Crippen molar-refractivity contribution >= 4 is 40.9 Å². The molecule has 244 valence electrons. The van der Waals surface area contributed by atoms with E-state index >= 15 is 4.79 Å². The number of hydrogen-bond acceptors (Lipinski definition) is 7. The second kappa shape index (κ2) is 13.3. The van der Waals surface area contributed by atoms with Crippen molar-refractivity contribution in [2.75, 3.05) is 42.6 Å². The predicted molar refractivity (Wildman–Crippen MR) is 183 cm³/mol. The highest BCUT2D eigenvalue weighted by Crippen LogP contribution is 2.65. The Morgan fingerprint density at radius 1 is 0.957 bits per heavy atom. The summed E-state index contributed by atoms with van der Waals surface area (Å²) in [6.07, 6.45) is 11.1. The van der Waals surface area contributed by atoms with Gasteiger partial charge < -0.3 is 24.5 Å². The van der Waals surface area contributed by atoms with E-state index in [-0.39, 0.29) is 18.4 Å². The maximum Gasteiger partial charge on any atom is 0.311 e. The molecule has 4 aliphatic rings. The molecule has 1 N–H and O–H groups in total. The van der Waals surface area contributed by atoms with Gasteiger partial charge in [0, 0.05) is 35.8 Å². The molecule has 2 aromatic carbocycles. The van der Waals surface area contributed by atoms with Crippen LogP contribution in [0.3, 0.4) is 0 Å². The van der Waals surface area contributed by atoms with E-state index < -0.39 is 39.4 Å². The smallest absolute Gasteiger partial charge is 0.311 e. The predicted octanol–water partition coefficient (Wildman–Crippen LogP) is 5.01. The number of likely N-dealkylation sites (tertiary alicyclic amines) is 1. The molecule has 1 spiro atoms. The molecule has 0 aliphatic carbocycles. The van der Waals surface area contributed by atoms with Gasteiger partial charge in [-0.25, -0.2) is 0 Å². The summed E-state index contributed by atoms with van der Waals surface area (Å²) in [7, 11) is 0. The summed E-state index contributed by atoms with van der Waals surface area (Å²) in [5.41, 5.74) is 2.78. The number of fused-ring (bicyclic) bond motifs is 2. The average Bonchev–Trinajstić information content (AvgIpc) is 3.40. The highest BCUT2D eigenvalue weighted by molar-refractivity contribution is 8.02. The Morgan fingerprint density at radius 3 is 2.39 bits per heavy atom. The summed E-state index contributed by atoms with van der Waals surface area (Å²) in [4.78, 5) is 49.4. The molecule has 2 aromatic rings. The first-order valence-electron chi connectivity index (χ1n) is 16.6. The maximum absolute atomic E-state index is 15.0. The second-order valence-electron chi connectivity index (χ2n) is 12.9. The molecule has 2 saturated heterocycles. The molecule has 1 unspecified atom stereocenters. The van der Waals surface area contributed by atoms with Crippen molar-refractivity contribution in [1.82, 2.24) is 4.90 Å². The number of thioether (sulfide) groups is 1. The van der Waals surface area contributed by atoms with Crippen molar-refractivity contribution < 1.29 is 24.2 Å². The van der Waals surface area contributed by atoms with Gasteiger partial charge in [-0.05, 0) is 76.3 Å². The lowest BCUT2D eigenvalue weighted by Crippen LogP contribution is -2.57. The van der Waals surface area contributed by atoms with Gasteiger partial charge in [-0.3, -0.25) is 14.4 Å². The van der Waals surface area contributed by atoms with E-state index in [9.17, 15) is 14.7 Å². The third kappa shape index (κ3) is 5.55. The molecular formula is C37H45N3O5S. The minimum atomic E-state index is -1.02. The molecule has 2 amide bonds. The van der Waals surface area contributed by atoms with E-state index in [1.807, 2.05) is 73.7 Å². The second-order valence-corrected chi connectivity index (χ2v) is 14.7. The molecule has 0 aromatic heterocycles. The Labute approximate surface area is 276 Å². The number of nitrogens with zero attached hydrogens (tertiary/aromatic N) is 3.